The van der Waals surface area contributed by atoms with Gasteiger partial charge in [-0.3, -0.25) is 14.5 Å². The predicted octanol–water partition coefficient (Wildman–Crippen LogP) is 3.72. The molecule has 0 aliphatic rings. The summed E-state index contributed by atoms with van der Waals surface area (Å²) in [6.45, 7) is 6.74. The zero-order chi connectivity index (χ0) is 22.2. The Balaban J connectivity index is 1.55. The molecule has 0 fully saturated rings. The van der Waals surface area contributed by atoms with Gasteiger partial charge in [0.1, 0.15) is 0 Å². The van der Waals surface area contributed by atoms with Crippen LogP contribution in [0.15, 0.2) is 53.1 Å². The van der Waals surface area contributed by atoms with Crippen LogP contribution < -0.4 is 10.6 Å². The molecule has 31 heavy (non-hydrogen) atoms. The van der Waals surface area contributed by atoms with E-state index in [9.17, 15) is 9.59 Å². The summed E-state index contributed by atoms with van der Waals surface area (Å²) in [4.78, 5) is 29.9. The van der Waals surface area contributed by atoms with Crippen molar-refractivity contribution in [1.82, 2.24) is 15.0 Å². The molecule has 8 heteroatoms. The molecule has 0 saturated heterocycles. The standard InChI is InChI=1S/C23H27N5O3/c1-4-17-6-8-18(9-7-17)23-26-22(31-27-23)15-28(5-2)14-21(30)25-20-12-10-19(11-13-20)24-16(3)29/h6-13H,4-5,14-15H2,1-3H3,(H,24,29)(H,25,30). The van der Waals surface area contributed by atoms with Gasteiger partial charge < -0.3 is 15.2 Å². The Morgan fingerprint density at radius 1 is 0.968 bits per heavy atom. The zero-order valence-corrected chi connectivity index (χ0v) is 18.0. The molecule has 8 nitrogen and oxygen atoms in total. The molecule has 0 aliphatic heterocycles. The molecule has 2 aromatic carbocycles. The van der Waals surface area contributed by atoms with Gasteiger partial charge in [0.25, 0.3) is 0 Å². The second-order valence-corrected chi connectivity index (χ2v) is 7.17. The SMILES string of the molecule is CCc1ccc(-c2noc(CN(CC)CC(=O)Nc3ccc(NC(C)=O)cc3)n2)cc1. The van der Waals surface area contributed by atoms with E-state index in [1.807, 2.05) is 24.0 Å². The van der Waals surface area contributed by atoms with E-state index in [0.717, 1.165) is 12.0 Å². The van der Waals surface area contributed by atoms with Crippen molar-refractivity contribution in [3.05, 3.63) is 60.0 Å². The third kappa shape index (κ3) is 6.48. The number of carbonyl (C=O) groups excluding carboxylic acids is 2. The van der Waals surface area contributed by atoms with Crippen LogP contribution in [0.4, 0.5) is 11.4 Å². The van der Waals surface area contributed by atoms with Crippen LogP contribution in [0.2, 0.25) is 0 Å². The second-order valence-electron chi connectivity index (χ2n) is 7.17. The van der Waals surface area contributed by atoms with Crippen molar-refractivity contribution in [2.24, 2.45) is 0 Å². The summed E-state index contributed by atoms with van der Waals surface area (Å²) in [7, 11) is 0. The third-order valence-corrected chi connectivity index (χ3v) is 4.75. The molecule has 1 aromatic heterocycles. The molecule has 1 heterocycles. The summed E-state index contributed by atoms with van der Waals surface area (Å²) in [5, 5.41) is 9.61. The maximum Gasteiger partial charge on any atom is 0.241 e. The number of aryl methyl sites for hydroxylation is 1. The van der Waals surface area contributed by atoms with E-state index in [0.29, 0.717) is 36.2 Å². The number of carbonyl (C=O) groups is 2. The number of likely N-dealkylation sites (N-methyl/N-ethyl adjacent to an activating group) is 1. The number of hydrogen-bond acceptors (Lipinski definition) is 6. The minimum absolute atomic E-state index is 0.141. The molecule has 3 rings (SSSR count). The van der Waals surface area contributed by atoms with E-state index in [4.69, 9.17) is 4.52 Å². The van der Waals surface area contributed by atoms with Crippen LogP contribution in [0.25, 0.3) is 11.4 Å². The topological polar surface area (TPSA) is 100 Å². The van der Waals surface area contributed by atoms with E-state index in [1.54, 1.807) is 24.3 Å². The molecule has 162 valence electrons. The average Bonchev–Trinajstić information content (AvgIpc) is 3.23. The molecule has 0 spiro atoms. The predicted molar refractivity (Wildman–Crippen MR) is 119 cm³/mol. The molecule has 2 N–H and O–H groups in total. The summed E-state index contributed by atoms with van der Waals surface area (Å²) in [6.07, 6.45) is 0.977. The zero-order valence-electron chi connectivity index (χ0n) is 18.0. The number of benzene rings is 2. The lowest BCUT2D eigenvalue weighted by molar-refractivity contribution is -0.117. The van der Waals surface area contributed by atoms with E-state index in [1.165, 1.54) is 12.5 Å². The van der Waals surface area contributed by atoms with E-state index in [2.05, 4.69) is 39.8 Å². The summed E-state index contributed by atoms with van der Waals surface area (Å²) in [5.41, 5.74) is 3.49. The van der Waals surface area contributed by atoms with Crippen molar-refractivity contribution in [1.29, 1.82) is 0 Å². The Labute approximate surface area is 181 Å². The third-order valence-electron chi connectivity index (χ3n) is 4.75. The highest BCUT2D eigenvalue weighted by atomic mass is 16.5. The van der Waals surface area contributed by atoms with E-state index >= 15 is 0 Å². The summed E-state index contributed by atoms with van der Waals surface area (Å²) in [5.74, 6) is 0.711. The molecular formula is C23H27N5O3. The molecule has 2 amide bonds. The van der Waals surface area contributed by atoms with Crippen LogP contribution in [0.5, 0.6) is 0 Å². The molecule has 0 atom stereocenters. The number of anilines is 2. The van der Waals surface area contributed by atoms with E-state index < -0.39 is 0 Å². The summed E-state index contributed by atoms with van der Waals surface area (Å²) in [6, 6.07) is 15.0. The second kappa shape index (κ2) is 10.5. The lowest BCUT2D eigenvalue weighted by Crippen LogP contribution is -2.32. The van der Waals surface area contributed by atoms with Gasteiger partial charge in [-0.1, -0.05) is 43.3 Å². The smallest absolute Gasteiger partial charge is 0.241 e. The summed E-state index contributed by atoms with van der Waals surface area (Å²) < 4.78 is 5.38. The van der Waals surface area contributed by atoms with Crippen LogP contribution in [-0.4, -0.2) is 39.9 Å². The maximum atomic E-state index is 12.4. The van der Waals surface area contributed by atoms with Crippen LogP contribution in [0.1, 0.15) is 32.2 Å². The minimum Gasteiger partial charge on any atom is -0.338 e. The summed E-state index contributed by atoms with van der Waals surface area (Å²) >= 11 is 0. The fourth-order valence-electron chi connectivity index (χ4n) is 3.04. The van der Waals surface area contributed by atoms with Crippen molar-refractivity contribution in [2.75, 3.05) is 23.7 Å². The normalized spacial score (nSPS) is 10.8. The fraction of sp³-hybridized carbons (Fsp3) is 0.304. The number of nitrogens with zero attached hydrogens (tertiary/aromatic N) is 3. The fourth-order valence-corrected chi connectivity index (χ4v) is 3.04. The van der Waals surface area contributed by atoms with Crippen LogP contribution in [-0.2, 0) is 22.6 Å². The highest BCUT2D eigenvalue weighted by Gasteiger charge is 2.15. The Bertz CT molecular complexity index is 1010. The van der Waals surface area contributed by atoms with Gasteiger partial charge in [-0.25, -0.2) is 0 Å². The van der Waals surface area contributed by atoms with Crippen molar-refractivity contribution in [2.45, 2.75) is 33.7 Å². The van der Waals surface area contributed by atoms with Crippen LogP contribution >= 0.6 is 0 Å². The Hall–Kier alpha value is -3.52. The van der Waals surface area contributed by atoms with Gasteiger partial charge in [0.2, 0.25) is 23.5 Å². The molecule has 0 bridgehead atoms. The number of amides is 2. The lowest BCUT2D eigenvalue weighted by atomic mass is 10.1. The highest BCUT2D eigenvalue weighted by molar-refractivity contribution is 5.93. The number of hydrogen-bond donors (Lipinski definition) is 2. The lowest BCUT2D eigenvalue weighted by Gasteiger charge is -2.17. The first kappa shape index (κ1) is 22.2. The van der Waals surface area contributed by atoms with Crippen molar-refractivity contribution < 1.29 is 14.1 Å². The Morgan fingerprint density at radius 2 is 1.61 bits per heavy atom. The molecule has 0 saturated carbocycles. The van der Waals surface area contributed by atoms with Gasteiger partial charge in [-0.05, 0) is 42.8 Å². The maximum absolute atomic E-state index is 12.4. The molecule has 3 aromatic rings. The Morgan fingerprint density at radius 3 is 2.19 bits per heavy atom. The first-order chi connectivity index (χ1) is 15.0. The van der Waals surface area contributed by atoms with Crippen molar-refractivity contribution in [3.63, 3.8) is 0 Å². The van der Waals surface area contributed by atoms with Gasteiger partial charge in [0.05, 0.1) is 13.1 Å². The largest absolute Gasteiger partial charge is 0.338 e. The van der Waals surface area contributed by atoms with Crippen molar-refractivity contribution >= 4 is 23.2 Å². The molecule has 0 unspecified atom stereocenters. The van der Waals surface area contributed by atoms with Gasteiger partial charge >= 0.3 is 0 Å². The number of rotatable bonds is 9. The van der Waals surface area contributed by atoms with Gasteiger partial charge in [-0.15, -0.1) is 0 Å². The molecule has 0 aliphatic carbocycles. The Kier molecular flexibility index (Phi) is 7.50. The first-order valence-electron chi connectivity index (χ1n) is 10.3. The monoisotopic (exact) mass is 421 g/mol. The van der Waals surface area contributed by atoms with Crippen LogP contribution in [0, 0.1) is 0 Å². The number of nitrogens with one attached hydrogen (secondary N) is 2. The first-order valence-corrected chi connectivity index (χ1v) is 10.3. The van der Waals surface area contributed by atoms with Crippen molar-refractivity contribution in [3.8, 4) is 11.4 Å². The van der Waals surface area contributed by atoms with Crippen LogP contribution in [0.3, 0.4) is 0 Å². The molecule has 0 radical (unpaired) electrons. The van der Waals surface area contributed by atoms with Gasteiger partial charge in [0.15, 0.2) is 0 Å². The minimum atomic E-state index is -0.149. The van der Waals surface area contributed by atoms with Gasteiger partial charge in [0, 0.05) is 23.9 Å². The van der Waals surface area contributed by atoms with Gasteiger partial charge in [-0.2, -0.15) is 4.98 Å². The number of aromatic nitrogens is 2. The highest BCUT2D eigenvalue weighted by Crippen LogP contribution is 2.18. The molecular weight excluding hydrogens is 394 g/mol. The quantitative estimate of drug-likeness (QED) is 0.546. The average molecular weight is 422 g/mol. The van der Waals surface area contributed by atoms with E-state index in [-0.39, 0.29) is 18.4 Å².